The molecular formula is C20H17N3O3S. The molecule has 3 aromatic rings. The van der Waals surface area contributed by atoms with Gasteiger partial charge < -0.3 is 5.32 Å². The molecule has 1 amide bonds. The first-order chi connectivity index (χ1) is 13.0. The smallest absolute Gasteiger partial charge is 0.263 e. The fourth-order valence-electron chi connectivity index (χ4n) is 2.34. The molecule has 0 atom stereocenters. The van der Waals surface area contributed by atoms with Crippen LogP contribution in [0.25, 0.3) is 6.08 Å². The lowest BCUT2D eigenvalue weighted by Crippen LogP contribution is -2.17. The largest absolute Gasteiger partial charge is 0.321 e. The van der Waals surface area contributed by atoms with Gasteiger partial charge in [0.05, 0.1) is 5.69 Å². The van der Waals surface area contributed by atoms with Gasteiger partial charge in [-0.05, 0) is 42.0 Å². The third-order valence-electron chi connectivity index (χ3n) is 3.57. The average molecular weight is 379 g/mol. The van der Waals surface area contributed by atoms with Crippen molar-refractivity contribution in [2.75, 3.05) is 10.0 Å². The van der Waals surface area contributed by atoms with Crippen molar-refractivity contribution in [2.45, 2.75) is 4.90 Å². The molecule has 0 aliphatic rings. The van der Waals surface area contributed by atoms with Crippen molar-refractivity contribution in [3.05, 3.63) is 90.8 Å². The number of nitrogens with one attached hydrogen (secondary N) is 2. The first-order valence-electron chi connectivity index (χ1n) is 8.10. The molecule has 2 N–H and O–H groups in total. The van der Waals surface area contributed by atoms with Gasteiger partial charge in [-0.1, -0.05) is 36.4 Å². The Hall–Kier alpha value is -3.45. The SMILES string of the molecule is O=C(C=Cc1cccnc1)Nc1ccccc1S(=O)(=O)Nc1ccccc1. The predicted molar refractivity (Wildman–Crippen MR) is 106 cm³/mol. The lowest BCUT2D eigenvalue weighted by molar-refractivity contribution is -0.111. The summed E-state index contributed by atoms with van der Waals surface area (Å²) in [6.45, 7) is 0. The van der Waals surface area contributed by atoms with Crippen LogP contribution in [-0.2, 0) is 14.8 Å². The molecule has 0 unspecified atom stereocenters. The van der Waals surface area contributed by atoms with Crippen LogP contribution in [0.15, 0.2) is 90.1 Å². The first-order valence-corrected chi connectivity index (χ1v) is 9.59. The number of anilines is 2. The number of nitrogens with zero attached hydrogens (tertiary/aromatic N) is 1. The van der Waals surface area contributed by atoms with Crippen molar-refractivity contribution < 1.29 is 13.2 Å². The van der Waals surface area contributed by atoms with Gasteiger partial charge in [-0.15, -0.1) is 0 Å². The highest BCUT2D eigenvalue weighted by Gasteiger charge is 2.19. The van der Waals surface area contributed by atoms with E-state index in [2.05, 4.69) is 15.0 Å². The van der Waals surface area contributed by atoms with Crippen molar-refractivity contribution in [3.63, 3.8) is 0 Å². The molecule has 0 spiro atoms. The van der Waals surface area contributed by atoms with Crippen LogP contribution in [-0.4, -0.2) is 19.3 Å². The Balaban J connectivity index is 1.79. The normalized spacial score (nSPS) is 11.3. The zero-order valence-electron chi connectivity index (χ0n) is 14.2. The fourth-order valence-corrected chi connectivity index (χ4v) is 3.56. The number of carbonyl (C=O) groups excluding carboxylic acids is 1. The number of rotatable bonds is 6. The zero-order chi connectivity index (χ0) is 19.1. The van der Waals surface area contributed by atoms with E-state index >= 15 is 0 Å². The Morgan fingerprint density at radius 3 is 2.41 bits per heavy atom. The summed E-state index contributed by atoms with van der Waals surface area (Å²) in [5.41, 5.74) is 1.40. The van der Waals surface area contributed by atoms with E-state index in [0.717, 1.165) is 5.56 Å². The third kappa shape index (κ3) is 5.02. The molecule has 6 nitrogen and oxygen atoms in total. The average Bonchev–Trinajstić information content (AvgIpc) is 2.68. The van der Waals surface area contributed by atoms with Crippen molar-refractivity contribution in [2.24, 2.45) is 0 Å². The maximum absolute atomic E-state index is 12.7. The van der Waals surface area contributed by atoms with Gasteiger partial charge in [0.15, 0.2) is 0 Å². The Morgan fingerprint density at radius 1 is 0.926 bits per heavy atom. The molecule has 0 saturated heterocycles. The molecule has 136 valence electrons. The molecule has 3 rings (SSSR count). The minimum absolute atomic E-state index is 0.0167. The molecule has 1 aromatic heterocycles. The van der Waals surface area contributed by atoms with E-state index in [4.69, 9.17) is 0 Å². The van der Waals surface area contributed by atoms with Gasteiger partial charge in [-0.25, -0.2) is 8.42 Å². The van der Waals surface area contributed by atoms with Crippen LogP contribution in [0, 0.1) is 0 Å². The molecule has 0 radical (unpaired) electrons. The fraction of sp³-hybridized carbons (Fsp3) is 0. The van der Waals surface area contributed by atoms with Gasteiger partial charge in [0.1, 0.15) is 4.90 Å². The van der Waals surface area contributed by atoms with Gasteiger partial charge >= 0.3 is 0 Å². The first kappa shape index (κ1) is 18.3. The predicted octanol–water partition coefficient (Wildman–Crippen LogP) is 3.53. The lowest BCUT2D eigenvalue weighted by Gasteiger charge is -2.12. The molecule has 27 heavy (non-hydrogen) atoms. The lowest BCUT2D eigenvalue weighted by atomic mass is 10.2. The number of hydrogen-bond acceptors (Lipinski definition) is 4. The molecule has 7 heteroatoms. The van der Waals surface area contributed by atoms with Crippen molar-refractivity contribution in [1.29, 1.82) is 0 Å². The Bertz CT molecular complexity index is 1050. The minimum atomic E-state index is -3.86. The highest BCUT2D eigenvalue weighted by Crippen LogP contribution is 2.23. The van der Waals surface area contributed by atoms with Gasteiger partial charge in [0.2, 0.25) is 5.91 Å². The molecule has 0 aliphatic heterocycles. The monoisotopic (exact) mass is 379 g/mol. The second-order valence-electron chi connectivity index (χ2n) is 5.58. The number of pyridine rings is 1. The molecule has 1 heterocycles. The summed E-state index contributed by atoms with van der Waals surface area (Å²) in [5, 5.41) is 2.61. The van der Waals surface area contributed by atoms with Crippen molar-refractivity contribution in [3.8, 4) is 0 Å². The number of sulfonamides is 1. The summed E-state index contributed by atoms with van der Waals surface area (Å²) < 4.78 is 27.9. The Morgan fingerprint density at radius 2 is 1.67 bits per heavy atom. The van der Waals surface area contributed by atoms with Crippen LogP contribution in [0.2, 0.25) is 0 Å². The van der Waals surface area contributed by atoms with Crippen LogP contribution in [0.5, 0.6) is 0 Å². The van der Waals surface area contributed by atoms with E-state index in [1.165, 1.54) is 18.2 Å². The summed E-state index contributed by atoms with van der Waals surface area (Å²) in [6, 6.07) is 18.3. The second-order valence-corrected chi connectivity index (χ2v) is 7.23. The van der Waals surface area contributed by atoms with Crippen molar-refractivity contribution in [1.82, 2.24) is 4.98 Å². The van der Waals surface area contributed by atoms with Gasteiger partial charge in [-0.3, -0.25) is 14.5 Å². The van der Waals surface area contributed by atoms with E-state index in [-0.39, 0.29) is 10.6 Å². The van der Waals surface area contributed by atoms with Gasteiger partial charge in [-0.2, -0.15) is 0 Å². The topological polar surface area (TPSA) is 88.2 Å². The summed E-state index contributed by atoms with van der Waals surface area (Å²) >= 11 is 0. The maximum Gasteiger partial charge on any atom is 0.263 e. The van der Waals surface area contributed by atoms with Crippen LogP contribution >= 0.6 is 0 Å². The highest BCUT2D eigenvalue weighted by atomic mass is 32.2. The van der Waals surface area contributed by atoms with E-state index in [1.807, 2.05) is 0 Å². The standard InChI is InChI=1S/C20H17N3O3S/c24-20(13-12-16-7-6-14-21-15-16)22-18-10-4-5-11-19(18)27(25,26)23-17-8-2-1-3-9-17/h1-15,23H,(H,22,24). The molecular weight excluding hydrogens is 362 g/mol. The van der Waals surface area contributed by atoms with Crippen LogP contribution < -0.4 is 10.0 Å². The molecule has 0 fully saturated rings. The Labute approximate surface area is 157 Å². The van der Waals surface area contributed by atoms with E-state index in [1.54, 1.807) is 73.1 Å². The van der Waals surface area contributed by atoms with Crippen molar-refractivity contribution >= 4 is 33.4 Å². The van der Waals surface area contributed by atoms with Crippen LogP contribution in [0.1, 0.15) is 5.56 Å². The zero-order valence-corrected chi connectivity index (χ0v) is 15.1. The second kappa shape index (κ2) is 8.29. The summed E-state index contributed by atoms with van der Waals surface area (Å²) in [5.74, 6) is -0.443. The van der Waals surface area contributed by atoms with Crippen LogP contribution in [0.3, 0.4) is 0 Å². The quantitative estimate of drug-likeness (QED) is 0.641. The maximum atomic E-state index is 12.7. The Kier molecular flexibility index (Phi) is 5.63. The minimum Gasteiger partial charge on any atom is -0.321 e. The van der Waals surface area contributed by atoms with Crippen LogP contribution in [0.4, 0.5) is 11.4 Å². The number of benzene rings is 2. The summed E-state index contributed by atoms with van der Waals surface area (Å²) in [7, 11) is -3.86. The number of carbonyl (C=O) groups is 1. The molecule has 0 saturated carbocycles. The number of para-hydroxylation sites is 2. The number of hydrogen-bond donors (Lipinski definition) is 2. The van der Waals surface area contributed by atoms with E-state index in [0.29, 0.717) is 5.69 Å². The van der Waals surface area contributed by atoms with E-state index < -0.39 is 15.9 Å². The van der Waals surface area contributed by atoms with Gasteiger partial charge in [0, 0.05) is 24.2 Å². The third-order valence-corrected chi connectivity index (χ3v) is 5.01. The molecule has 0 aliphatic carbocycles. The van der Waals surface area contributed by atoms with E-state index in [9.17, 15) is 13.2 Å². The number of aromatic nitrogens is 1. The molecule has 2 aromatic carbocycles. The summed E-state index contributed by atoms with van der Waals surface area (Å²) in [4.78, 5) is 16.1. The molecule has 0 bridgehead atoms. The number of amides is 1. The van der Waals surface area contributed by atoms with Gasteiger partial charge in [0.25, 0.3) is 10.0 Å². The highest BCUT2D eigenvalue weighted by molar-refractivity contribution is 7.92. The summed E-state index contributed by atoms with van der Waals surface area (Å²) in [6.07, 6.45) is 6.18.